The summed E-state index contributed by atoms with van der Waals surface area (Å²) in [5.41, 5.74) is 0.760. The summed E-state index contributed by atoms with van der Waals surface area (Å²) in [6, 6.07) is 5.47. The summed E-state index contributed by atoms with van der Waals surface area (Å²) in [7, 11) is 0. The van der Waals surface area contributed by atoms with Gasteiger partial charge in [0, 0.05) is 51.0 Å². The molecule has 1 aromatic carbocycles. The Morgan fingerprint density at radius 3 is 2.31 bits per heavy atom. The zero-order valence-corrected chi connectivity index (χ0v) is 19.0. The number of nitrogens with one attached hydrogen (secondary N) is 1. The van der Waals surface area contributed by atoms with Crippen LogP contribution in [0.15, 0.2) is 24.3 Å². The molecule has 0 spiro atoms. The Hall–Kier alpha value is -3.18. The number of amides is 4. The number of ether oxygens (including phenoxy) is 2. The van der Waals surface area contributed by atoms with Crippen molar-refractivity contribution in [1.29, 1.82) is 0 Å². The van der Waals surface area contributed by atoms with Gasteiger partial charge >= 0.3 is 18.5 Å². The Labute approximate surface area is 200 Å². The highest BCUT2D eigenvalue weighted by Gasteiger charge is 2.46. The van der Waals surface area contributed by atoms with Crippen LogP contribution < -0.4 is 10.1 Å². The molecule has 1 aromatic rings. The summed E-state index contributed by atoms with van der Waals surface area (Å²) in [5.74, 6) is 0.172. The predicted octanol–water partition coefficient (Wildman–Crippen LogP) is 2.21. The van der Waals surface area contributed by atoms with Gasteiger partial charge in [-0.05, 0) is 30.5 Å². The summed E-state index contributed by atoms with van der Waals surface area (Å²) in [5, 5.41) is 2.77. The standard InChI is InChI=1S/C23H27F3N4O5/c24-23(25,26)35-17-4-1-14(2-5-17)3-6-20(31)29-9-15-11-30(12-16(15)10-29)22(33)28-8-7-18-19(13-28)34-21(32)27-18/h1-2,4-5,15-16,18-19H,3,6-13H2,(H,27,32)/t15-,16-,18+,19+/m0/s1. The van der Waals surface area contributed by atoms with Crippen molar-refractivity contribution >= 4 is 18.0 Å². The molecule has 4 amide bonds. The number of urea groups is 1. The first-order valence-corrected chi connectivity index (χ1v) is 11.8. The Morgan fingerprint density at radius 1 is 1.00 bits per heavy atom. The Balaban J connectivity index is 1.07. The molecule has 4 atom stereocenters. The number of rotatable bonds is 4. The van der Waals surface area contributed by atoms with Crippen LogP contribution in [-0.4, -0.2) is 90.5 Å². The van der Waals surface area contributed by atoms with E-state index in [2.05, 4.69) is 10.1 Å². The SMILES string of the molecule is O=C1N[C@@H]2CCN(C(=O)N3C[C@@H]4CN(C(=O)CCc5ccc(OC(F)(F)F)cc5)C[C@H]4C3)C[C@H]2O1. The second kappa shape index (κ2) is 9.12. The molecule has 4 fully saturated rings. The quantitative estimate of drug-likeness (QED) is 0.691. The number of hydrogen-bond donors (Lipinski definition) is 1. The minimum absolute atomic E-state index is 0.00511. The largest absolute Gasteiger partial charge is 0.573 e. The fourth-order valence-corrected chi connectivity index (χ4v) is 5.52. The van der Waals surface area contributed by atoms with Crippen LogP contribution in [0.4, 0.5) is 22.8 Å². The van der Waals surface area contributed by atoms with E-state index in [1.807, 2.05) is 9.80 Å². The van der Waals surface area contributed by atoms with Crippen molar-refractivity contribution in [1.82, 2.24) is 20.0 Å². The third-order valence-corrected chi connectivity index (χ3v) is 7.29. The molecule has 0 aromatic heterocycles. The van der Waals surface area contributed by atoms with E-state index in [1.165, 1.54) is 24.3 Å². The second-order valence-electron chi connectivity index (χ2n) is 9.63. The van der Waals surface area contributed by atoms with E-state index in [0.717, 1.165) is 5.56 Å². The number of aryl methyl sites for hydroxylation is 1. The van der Waals surface area contributed by atoms with Gasteiger partial charge in [0.2, 0.25) is 5.91 Å². The maximum atomic E-state index is 13.0. The van der Waals surface area contributed by atoms with Gasteiger partial charge in [-0.1, -0.05) is 12.1 Å². The first-order chi connectivity index (χ1) is 16.6. The van der Waals surface area contributed by atoms with Gasteiger partial charge in [-0.15, -0.1) is 13.2 Å². The van der Waals surface area contributed by atoms with Crippen molar-refractivity contribution in [2.75, 3.05) is 39.3 Å². The lowest BCUT2D eigenvalue weighted by atomic mass is 10.0. The fourth-order valence-electron chi connectivity index (χ4n) is 5.52. The number of piperidine rings is 1. The lowest BCUT2D eigenvalue weighted by Gasteiger charge is -2.35. The van der Waals surface area contributed by atoms with Gasteiger partial charge < -0.3 is 29.5 Å². The number of halogens is 3. The molecule has 0 bridgehead atoms. The smallest absolute Gasteiger partial charge is 0.442 e. The molecule has 0 radical (unpaired) electrons. The molecule has 12 heteroatoms. The number of alkyl carbamates (subject to hydrolysis) is 1. The number of likely N-dealkylation sites (tertiary alicyclic amines) is 3. The number of fused-ring (bicyclic) bond motifs is 2. The van der Waals surface area contributed by atoms with E-state index in [-0.39, 0.29) is 48.1 Å². The average molecular weight is 496 g/mol. The molecule has 190 valence electrons. The maximum absolute atomic E-state index is 13.0. The van der Waals surface area contributed by atoms with E-state index in [4.69, 9.17) is 4.74 Å². The number of hydrogen-bond acceptors (Lipinski definition) is 5. The number of alkyl halides is 3. The third-order valence-electron chi connectivity index (χ3n) is 7.29. The molecule has 35 heavy (non-hydrogen) atoms. The first kappa shape index (κ1) is 23.6. The normalized spacial score (nSPS) is 27.9. The molecule has 5 rings (SSSR count). The van der Waals surface area contributed by atoms with Gasteiger partial charge in [0.25, 0.3) is 0 Å². The lowest BCUT2D eigenvalue weighted by Crippen LogP contribution is -2.53. The van der Waals surface area contributed by atoms with Gasteiger partial charge in [0.05, 0.1) is 12.6 Å². The fraction of sp³-hybridized carbons (Fsp3) is 0.609. The topological polar surface area (TPSA) is 91.4 Å². The number of carbonyl (C=O) groups excluding carboxylic acids is 3. The van der Waals surface area contributed by atoms with Crippen LogP contribution in [0.2, 0.25) is 0 Å². The van der Waals surface area contributed by atoms with Gasteiger partial charge in [-0.2, -0.15) is 0 Å². The highest BCUT2D eigenvalue weighted by Crippen LogP contribution is 2.33. The Kier molecular flexibility index (Phi) is 6.14. The Morgan fingerprint density at radius 2 is 1.66 bits per heavy atom. The molecule has 9 nitrogen and oxygen atoms in total. The molecular formula is C23H27F3N4O5. The minimum atomic E-state index is -4.73. The van der Waals surface area contributed by atoms with Crippen molar-refractivity contribution in [3.63, 3.8) is 0 Å². The highest BCUT2D eigenvalue weighted by atomic mass is 19.4. The van der Waals surface area contributed by atoms with Crippen LogP contribution in [0.25, 0.3) is 0 Å². The van der Waals surface area contributed by atoms with Crippen LogP contribution in [0.1, 0.15) is 18.4 Å². The molecule has 4 aliphatic heterocycles. The molecule has 0 aliphatic carbocycles. The zero-order chi connectivity index (χ0) is 24.7. The van der Waals surface area contributed by atoms with Gasteiger partial charge in [-0.25, -0.2) is 9.59 Å². The average Bonchev–Trinajstić information content (AvgIpc) is 3.48. The molecular weight excluding hydrogens is 469 g/mol. The van der Waals surface area contributed by atoms with E-state index in [1.54, 1.807) is 4.90 Å². The number of carbonyl (C=O) groups is 3. The monoisotopic (exact) mass is 496 g/mol. The lowest BCUT2D eigenvalue weighted by molar-refractivity contribution is -0.274. The summed E-state index contributed by atoms with van der Waals surface area (Å²) < 4.78 is 45.9. The molecule has 4 saturated heterocycles. The molecule has 1 N–H and O–H groups in total. The van der Waals surface area contributed by atoms with E-state index < -0.39 is 12.5 Å². The van der Waals surface area contributed by atoms with E-state index in [9.17, 15) is 27.6 Å². The van der Waals surface area contributed by atoms with Gasteiger partial charge in [-0.3, -0.25) is 4.79 Å². The zero-order valence-electron chi connectivity index (χ0n) is 19.0. The maximum Gasteiger partial charge on any atom is 0.573 e. The van der Waals surface area contributed by atoms with Crippen molar-refractivity contribution in [2.24, 2.45) is 11.8 Å². The highest BCUT2D eigenvalue weighted by molar-refractivity contribution is 5.78. The van der Waals surface area contributed by atoms with Crippen LogP contribution >= 0.6 is 0 Å². The van der Waals surface area contributed by atoms with Crippen molar-refractivity contribution in [3.05, 3.63) is 29.8 Å². The van der Waals surface area contributed by atoms with Gasteiger partial charge in [0.1, 0.15) is 11.9 Å². The van der Waals surface area contributed by atoms with Crippen molar-refractivity contribution < 1.29 is 37.0 Å². The van der Waals surface area contributed by atoms with Crippen molar-refractivity contribution in [2.45, 2.75) is 37.8 Å². The third kappa shape index (κ3) is 5.25. The van der Waals surface area contributed by atoms with Crippen molar-refractivity contribution in [3.8, 4) is 5.75 Å². The first-order valence-electron chi connectivity index (χ1n) is 11.8. The number of benzene rings is 1. The second-order valence-corrected chi connectivity index (χ2v) is 9.63. The van der Waals surface area contributed by atoms with Crippen LogP contribution in [0, 0.1) is 11.8 Å². The molecule has 0 unspecified atom stereocenters. The predicted molar refractivity (Wildman–Crippen MR) is 115 cm³/mol. The van der Waals surface area contributed by atoms with Crippen LogP contribution in [0.5, 0.6) is 5.75 Å². The van der Waals surface area contributed by atoms with E-state index in [0.29, 0.717) is 52.1 Å². The summed E-state index contributed by atoms with van der Waals surface area (Å²) >= 11 is 0. The van der Waals surface area contributed by atoms with Crippen LogP contribution in [0.3, 0.4) is 0 Å². The number of nitrogens with zero attached hydrogens (tertiary/aromatic N) is 3. The molecule has 4 aliphatic rings. The Bertz CT molecular complexity index is 974. The molecule has 0 saturated carbocycles. The van der Waals surface area contributed by atoms with E-state index >= 15 is 0 Å². The molecule has 4 heterocycles. The summed E-state index contributed by atoms with van der Waals surface area (Å²) in [4.78, 5) is 42.6. The minimum Gasteiger partial charge on any atom is -0.442 e. The summed E-state index contributed by atoms with van der Waals surface area (Å²) in [6.07, 6.45) is -4.10. The summed E-state index contributed by atoms with van der Waals surface area (Å²) in [6.45, 7) is 3.34. The van der Waals surface area contributed by atoms with Crippen LogP contribution in [-0.2, 0) is 16.0 Å². The van der Waals surface area contributed by atoms with Gasteiger partial charge in [0.15, 0.2) is 0 Å².